The number of halogens is 1. The Bertz CT molecular complexity index is 1090. The molecule has 3 aromatic rings. The molecule has 0 aromatic heterocycles. The molecule has 3 rings (SSSR count). The molecule has 2 amide bonds. The van der Waals surface area contributed by atoms with Crippen LogP contribution in [0.5, 0.6) is 5.75 Å². The van der Waals surface area contributed by atoms with Gasteiger partial charge in [-0.15, -0.1) is 0 Å². The highest BCUT2D eigenvalue weighted by Crippen LogP contribution is 2.19. The van der Waals surface area contributed by atoms with Crippen LogP contribution in [-0.2, 0) is 22.6 Å². The van der Waals surface area contributed by atoms with Gasteiger partial charge in [0, 0.05) is 24.5 Å². The second-order valence-electron chi connectivity index (χ2n) is 8.54. The molecule has 0 spiro atoms. The molecule has 1 atom stereocenters. The molecule has 0 aliphatic heterocycles. The zero-order valence-electron chi connectivity index (χ0n) is 20.4. The fraction of sp³-hybridized carbons (Fsp3) is 0.310. The summed E-state index contributed by atoms with van der Waals surface area (Å²) in [5, 5.41) is 3.63. The summed E-state index contributed by atoms with van der Waals surface area (Å²) in [6.07, 6.45) is 2.27. The molecule has 0 saturated carbocycles. The van der Waals surface area contributed by atoms with Gasteiger partial charge in [-0.3, -0.25) is 9.59 Å². The molecule has 6 heteroatoms. The average Bonchev–Trinajstić information content (AvgIpc) is 2.87. The minimum Gasteiger partial charge on any atom is -0.484 e. The number of ether oxygens (including phenoxy) is 1. The Labute approximate surface area is 213 Å². The molecule has 0 aliphatic rings. The van der Waals surface area contributed by atoms with E-state index in [0.717, 1.165) is 29.5 Å². The molecule has 0 fully saturated rings. The van der Waals surface area contributed by atoms with Crippen LogP contribution in [0.25, 0.3) is 0 Å². The average molecular weight is 493 g/mol. The van der Waals surface area contributed by atoms with E-state index in [9.17, 15) is 9.59 Å². The summed E-state index contributed by atoms with van der Waals surface area (Å²) in [6.45, 7) is 4.80. The molecule has 0 bridgehead atoms. The molecule has 184 valence electrons. The number of nitrogens with zero attached hydrogens (tertiary/aromatic N) is 1. The van der Waals surface area contributed by atoms with Gasteiger partial charge >= 0.3 is 0 Å². The van der Waals surface area contributed by atoms with Gasteiger partial charge in [-0.1, -0.05) is 79.5 Å². The zero-order chi connectivity index (χ0) is 25.0. The maximum absolute atomic E-state index is 13.6. The van der Waals surface area contributed by atoms with Gasteiger partial charge in [0.05, 0.1) is 0 Å². The third kappa shape index (κ3) is 8.15. The van der Waals surface area contributed by atoms with Crippen molar-refractivity contribution in [2.24, 2.45) is 0 Å². The Kier molecular flexibility index (Phi) is 10.2. The number of rotatable bonds is 12. The van der Waals surface area contributed by atoms with Gasteiger partial charge in [0.25, 0.3) is 5.91 Å². The molecule has 0 aliphatic carbocycles. The van der Waals surface area contributed by atoms with Crippen LogP contribution >= 0.6 is 11.6 Å². The number of carbonyl (C=O) groups excluding carboxylic acids is 2. The third-order valence-electron chi connectivity index (χ3n) is 5.88. The Hall–Kier alpha value is -3.31. The summed E-state index contributed by atoms with van der Waals surface area (Å²) in [7, 11) is 0. The lowest BCUT2D eigenvalue weighted by molar-refractivity contribution is -0.142. The van der Waals surface area contributed by atoms with Crippen LogP contribution in [0.1, 0.15) is 36.5 Å². The van der Waals surface area contributed by atoms with Crippen molar-refractivity contribution < 1.29 is 14.3 Å². The van der Waals surface area contributed by atoms with E-state index in [0.29, 0.717) is 30.3 Å². The summed E-state index contributed by atoms with van der Waals surface area (Å²) < 4.78 is 5.77. The molecular formula is C29H33ClN2O3. The lowest BCUT2D eigenvalue weighted by Crippen LogP contribution is -2.52. The Balaban J connectivity index is 1.88. The van der Waals surface area contributed by atoms with Crippen molar-refractivity contribution in [2.75, 3.05) is 13.2 Å². The van der Waals surface area contributed by atoms with Crippen molar-refractivity contribution in [1.82, 2.24) is 10.2 Å². The van der Waals surface area contributed by atoms with E-state index in [-0.39, 0.29) is 18.4 Å². The van der Waals surface area contributed by atoms with Crippen molar-refractivity contribution in [2.45, 2.75) is 45.7 Å². The number of nitrogens with one attached hydrogen (secondary N) is 1. The van der Waals surface area contributed by atoms with E-state index in [1.54, 1.807) is 29.2 Å². The Morgan fingerprint density at radius 3 is 2.34 bits per heavy atom. The van der Waals surface area contributed by atoms with Crippen LogP contribution in [0.15, 0.2) is 78.9 Å². The normalized spacial score (nSPS) is 11.5. The van der Waals surface area contributed by atoms with Gasteiger partial charge < -0.3 is 15.0 Å². The van der Waals surface area contributed by atoms with Gasteiger partial charge in [-0.05, 0) is 54.3 Å². The van der Waals surface area contributed by atoms with E-state index in [2.05, 4.69) is 12.2 Å². The van der Waals surface area contributed by atoms with Crippen LogP contribution < -0.4 is 10.1 Å². The molecular weight excluding hydrogens is 460 g/mol. The molecule has 35 heavy (non-hydrogen) atoms. The van der Waals surface area contributed by atoms with Crippen LogP contribution in [0.2, 0.25) is 5.02 Å². The van der Waals surface area contributed by atoms with Gasteiger partial charge in [0.15, 0.2) is 6.61 Å². The van der Waals surface area contributed by atoms with E-state index in [4.69, 9.17) is 16.3 Å². The smallest absolute Gasteiger partial charge is 0.261 e. The van der Waals surface area contributed by atoms with E-state index in [1.807, 2.05) is 61.5 Å². The SMILES string of the molecule is CCCCNC(=O)[C@H](Cc1ccccc1)N(Cc1ccccc1C)C(=O)COc1ccc(Cl)cc1. The molecule has 5 nitrogen and oxygen atoms in total. The molecule has 0 saturated heterocycles. The van der Waals surface area contributed by atoms with Gasteiger partial charge in [-0.2, -0.15) is 0 Å². The second-order valence-corrected chi connectivity index (χ2v) is 8.98. The first kappa shape index (κ1) is 26.3. The van der Waals surface area contributed by atoms with E-state index < -0.39 is 6.04 Å². The highest BCUT2D eigenvalue weighted by molar-refractivity contribution is 6.30. The Morgan fingerprint density at radius 2 is 1.66 bits per heavy atom. The lowest BCUT2D eigenvalue weighted by Gasteiger charge is -2.32. The van der Waals surface area contributed by atoms with Crippen LogP contribution in [0, 0.1) is 6.92 Å². The summed E-state index contributed by atoms with van der Waals surface area (Å²) >= 11 is 5.96. The predicted molar refractivity (Wildman–Crippen MR) is 141 cm³/mol. The molecule has 3 aromatic carbocycles. The third-order valence-corrected chi connectivity index (χ3v) is 6.13. The first-order valence-electron chi connectivity index (χ1n) is 12.0. The minimum atomic E-state index is -0.671. The van der Waals surface area contributed by atoms with E-state index >= 15 is 0 Å². The lowest BCUT2D eigenvalue weighted by atomic mass is 10.0. The highest BCUT2D eigenvalue weighted by atomic mass is 35.5. The number of amides is 2. The zero-order valence-corrected chi connectivity index (χ0v) is 21.1. The van der Waals surface area contributed by atoms with Crippen molar-refractivity contribution in [1.29, 1.82) is 0 Å². The van der Waals surface area contributed by atoms with E-state index in [1.165, 1.54) is 0 Å². The molecule has 1 N–H and O–H groups in total. The van der Waals surface area contributed by atoms with Crippen LogP contribution in [-0.4, -0.2) is 35.9 Å². The fourth-order valence-electron chi connectivity index (χ4n) is 3.79. The maximum atomic E-state index is 13.6. The number of benzene rings is 3. The van der Waals surface area contributed by atoms with Crippen molar-refractivity contribution >= 4 is 23.4 Å². The number of hydrogen-bond acceptors (Lipinski definition) is 3. The fourth-order valence-corrected chi connectivity index (χ4v) is 3.92. The highest BCUT2D eigenvalue weighted by Gasteiger charge is 2.30. The first-order chi connectivity index (χ1) is 17.0. The number of carbonyl (C=O) groups is 2. The largest absolute Gasteiger partial charge is 0.484 e. The Morgan fingerprint density at radius 1 is 0.971 bits per heavy atom. The summed E-state index contributed by atoms with van der Waals surface area (Å²) in [5.41, 5.74) is 3.05. The van der Waals surface area contributed by atoms with Crippen LogP contribution in [0.3, 0.4) is 0 Å². The maximum Gasteiger partial charge on any atom is 0.261 e. The van der Waals surface area contributed by atoms with Gasteiger partial charge in [0.1, 0.15) is 11.8 Å². The monoisotopic (exact) mass is 492 g/mol. The second kappa shape index (κ2) is 13.5. The van der Waals surface area contributed by atoms with Crippen molar-refractivity contribution in [3.8, 4) is 5.75 Å². The molecule has 0 radical (unpaired) electrons. The topological polar surface area (TPSA) is 58.6 Å². The predicted octanol–water partition coefficient (Wildman–Crippen LogP) is 5.58. The minimum absolute atomic E-state index is 0.157. The summed E-state index contributed by atoms with van der Waals surface area (Å²) in [4.78, 5) is 28.6. The van der Waals surface area contributed by atoms with Gasteiger partial charge in [0.2, 0.25) is 5.91 Å². The number of unbranched alkanes of at least 4 members (excludes halogenated alkanes) is 1. The van der Waals surface area contributed by atoms with Crippen LogP contribution in [0.4, 0.5) is 0 Å². The quantitative estimate of drug-likeness (QED) is 0.335. The molecule has 0 unspecified atom stereocenters. The van der Waals surface area contributed by atoms with Crippen molar-refractivity contribution in [3.05, 3.63) is 101 Å². The number of hydrogen-bond donors (Lipinski definition) is 1. The van der Waals surface area contributed by atoms with Crippen molar-refractivity contribution in [3.63, 3.8) is 0 Å². The summed E-state index contributed by atoms with van der Waals surface area (Å²) in [5.74, 6) is 0.135. The van der Waals surface area contributed by atoms with Gasteiger partial charge in [-0.25, -0.2) is 0 Å². The number of aryl methyl sites for hydroxylation is 1. The first-order valence-corrected chi connectivity index (χ1v) is 12.4. The standard InChI is InChI=1S/C29H33ClN2O3/c1-3-4-18-31-29(34)27(19-23-11-6-5-7-12-23)32(20-24-13-9-8-10-22(24)2)28(33)21-35-26-16-14-25(30)15-17-26/h5-17,27H,3-4,18-21H2,1-2H3,(H,31,34)/t27-/m0/s1. The summed E-state index contributed by atoms with van der Waals surface area (Å²) in [6, 6.07) is 23.9. The molecule has 0 heterocycles.